The molecule has 3 heteroatoms. The smallest absolute Gasteiger partial charge is 0.192 e. The molecule has 0 fully saturated rings. The summed E-state index contributed by atoms with van der Waals surface area (Å²) in [5.74, 6) is 0. The molecule has 0 atom stereocenters. The molecule has 0 aromatic carbocycles. The number of hydrogen-bond donors (Lipinski definition) is 0. The lowest BCUT2D eigenvalue weighted by Crippen LogP contribution is -2.41. The molecule has 0 saturated carbocycles. The molecule has 0 aliphatic rings. The SMILES string of the molecule is CC(C)(C)[Si](C)(C)/C=C\CO[Si](C)(C)C(C)(C)C. The van der Waals surface area contributed by atoms with E-state index in [0.717, 1.165) is 6.61 Å². The van der Waals surface area contributed by atoms with Crippen molar-refractivity contribution >= 4 is 16.4 Å². The zero-order chi connectivity index (χ0) is 14.8. The van der Waals surface area contributed by atoms with E-state index in [4.69, 9.17) is 4.43 Å². The Labute approximate surface area is 117 Å². The molecule has 0 bridgehead atoms. The molecule has 18 heavy (non-hydrogen) atoms. The second kappa shape index (κ2) is 5.63. The molecule has 0 saturated heterocycles. The van der Waals surface area contributed by atoms with Crippen LogP contribution >= 0.6 is 0 Å². The van der Waals surface area contributed by atoms with Crippen LogP contribution in [0.15, 0.2) is 11.8 Å². The van der Waals surface area contributed by atoms with Crippen LogP contribution in [0.2, 0.25) is 36.3 Å². The Morgan fingerprint density at radius 3 is 1.61 bits per heavy atom. The summed E-state index contributed by atoms with van der Waals surface area (Å²) in [6.07, 6.45) is 2.26. The van der Waals surface area contributed by atoms with E-state index in [1.165, 1.54) is 0 Å². The van der Waals surface area contributed by atoms with Crippen molar-refractivity contribution in [2.24, 2.45) is 0 Å². The third-order valence-electron chi connectivity index (χ3n) is 4.81. The molecule has 0 heterocycles. The standard InChI is InChI=1S/C15H34OSi2/c1-14(2,3)17(7,8)13-11-12-16-18(9,10)15(4,5)6/h11,13H,12H2,1-10H3/b13-11-. The quantitative estimate of drug-likeness (QED) is 0.610. The minimum absolute atomic E-state index is 0.303. The zero-order valence-electron chi connectivity index (χ0n) is 14.3. The molecule has 0 radical (unpaired) electrons. The lowest BCUT2D eigenvalue weighted by Gasteiger charge is -2.36. The molecule has 0 aromatic rings. The van der Waals surface area contributed by atoms with Gasteiger partial charge < -0.3 is 4.43 Å². The first-order valence-corrected chi connectivity index (χ1v) is 13.0. The van der Waals surface area contributed by atoms with Gasteiger partial charge in [0.2, 0.25) is 0 Å². The van der Waals surface area contributed by atoms with E-state index in [2.05, 4.69) is 79.5 Å². The van der Waals surface area contributed by atoms with E-state index >= 15 is 0 Å². The van der Waals surface area contributed by atoms with Crippen LogP contribution in [0.5, 0.6) is 0 Å². The third-order valence-corrected chi connectivity index (χ3v) is 14.2. The Bertz CT molecular complexity index is 291. The largest absolute Gasteiger partial charge is 0.413 e. The molecule has 0 spiro atoms. The molecule has 0 N–H and O–H groups in total. The van der Waals surface area contributed by atoms with Crippen LogP contribution in [-0.2, 0) is 4.43 Å². The summed E-state index contributed by atoms with van der Waals surface area (Å²) in [4.78, 5) is 0. The fourth-order valence-electron chi connectivity index (χ4n) is 1.07. The highest BCUT2D eigenvalue weighted by Gasteiger charge is 2.37. The molecule has 1 nitrogen and oxygen atoms in total. The van der Waals surface area contributed by atoms with E-state index in [9.17, 15) is 0 Å². The van der Waals surface area contributed by atoms with E-state index in [0.29, 0.717) is 10.1 Å². The van der Waals surface area contributed by atoms with E-state index in [1.54, 1.807) is 0 Å². The summed E-state index contributed by atoms with van der Waals surface area (Å²) in [6.45, 7) is 24.2. The predicted molar refractivity (Wildman–Crippen MR) is 89.5 cm³/mol. The van der Waals surface area contributed by atoms with Gasteiger partial charge in [0.1, 0.15) is 0 Å². The maximum atomic E-state index is 6.18. The molecule has 0 aromatic heterocycles. The van der Waals surface area contributed by atoms with Crippen LogP contribution < -0.4 is 0 Å². The van der Waals surface area contributed by atoms with Crippen molar-refractivity contribution in [2.45, 2.75) is 77.8 Å². The van der Waals surface area contributed by atoms with Crippen LogP contribution in [-0.4, -0.2) is 23.0 Å². The first-order valence-electron chi connectivity index (χ1n) is 7.02. The number of hydrogen-bond acceptors (Lipinski definition) is 1. The van der Waals surface area contributed by atoms with Crippen molar-refractivity contribution < 1.29 is 4.43 Å². The molecular formula is C15H34OSi2. The minimum atomic E-state index is -1.58. The van der Waals surface area contributed by atoms with Crippen molar-refractivity contribution in [2.75, 3.05) is 6.61 Å². The summed E-state index contributed by atoms with van der Waals surface area (Å²) < 4.78 is 6.18. The van der Waals surface area contributed by atoms with Gasteiger partial charge in [0, 0.05) is 0 Å². The van der Waals surface area contributed by atoms with Gasteiger partial charge in [-0.15, -0.1) is 0 Å². The van der Waals surface area contributed by atoms with Gasteiger partial charge in [0.15, 0.2) is 8.32 Å². The lowest BCUT2D eigenvalue weighted by molar-refractivity contribution is 0.328. The van der Waals surface area contributed by atoms with Gasteiger partial charge in [-0.25, -0.2) is 0 Å². The average Bonchev–Trinajstić information content (AvgIpc) is 2.08. The van der Waals surface area contributed by atoms with Crippen LogP contribution in [0.1, 0.15) is 41.5 Å². The number of rotatable bonds is 4. The van der Waals surface area contributed by atoms with E-state index in [1.807, 2.05) is 0 Å². The van der Waals surface area contributed by atoms with E-state index < -0.39 is 16.4 Å². The first-order chi connectivity index (χ1) is 7.71. The highest BCUT2D eigenvalue weighted by atomic mass is 28.4. The van der Waals surface area contributed by atoms with Crippen LogP contribution in [0.3, 0.4) is 0 Å². The van der Waals surface area contributed by atoms with Gasteiger partial charge in [-0.1, -0.05) is 66.4 Å². The van der Waals surface area contributed by atoms with Crippen molar-refractivity contribution in [3.63, 3.8) is 0 Å². The van der Waals surface area contributed by atoms with Gasteiger partial charge in [0.25, 0.3) is 0 Å². The molecule has 0 rings (SSSR count). The topological polar surface area (TPSA) is 9.23 Å². The second-order valence-corrected chi connectivity index (χ2v) is 18.5. The summed E-state index contributed by atoms with van der Waals surface area (Å²) >= 11 is 0. The third kappa shape index (κ3) is 5.02. The highest BCUT2D eigenvalue weighted by Crippen LogP contribution is 2.38. The summed E-state index contributed by atoms with van der Waals surface area (Å²) in [6, 6.07) is 0. The van der Waals surface area contributed by atoms with Gasteiger partial charge in [-0.05, 0) is 23.2 Å². The second-order valence-electron chi connectivity index (χ2n) is 8.45. The van der Waals surface area contributed by atoms with Gasteiger partial charge in [-0.3, -0.25) is 0 Å². The van der Waals surface area contributed by atoms with Crippen molar-refractivity contribution in [3.05, 3.63) is 11.8 Å². The molecular weight excluding hydrogens is 252 g/mol. The summed E-state index contributed by atoms with van der Waals surface area (Å²) in [7, 11) is -2.88. The fourth-order valence-corrected chi connectivity index (χ4v) is 3.20. The molecule has 0 aliphatic carbocycles. The summed E-state index contributed by atoms with van der Waals surface area (Å²) in [5.41, 5.74) is 2.44. The Hall–Kier alpha value is 0.134. The molecule has 0 unspecified atom stereocenters. The van der Waals surface area contributed by atoms with Crippen molar-refractivity contribution in [1.82, 2.24) is 0 Å². The Morgan fingerprint density at radius 1 is 0.833 bits per heavy atom. The molecule has 0 aliphatic heterocycles. The Balaban J connectivity index is 4.46. The van der Waals surface area contributed by atoms with Crippen molar-refractivity contribution in [1.29, 1.82) is 0 Å². The maximum Gasteiger partial charge on any atom is 0.192 e. The van der Waals surface area contributed by atoms with Crippen LogP contribution in [0, 0.1) is 0 Å². The van der Waals surface area contributed by atoms with E-state index in [-0.39, 0.29) is 0 Å². The molecule has 0 amide bonds. The lowest BCUT2D eigenvalue weighted by atomic mass is 10.2. The zero-order valence-corrected chi connectivity index (χ0v) is 16.3. The fraction of sp³-hybridized carbons (Fsp3) is 0.867. The van der Waals surface area contributed by atoms with Crippen LogP contribution in [0.25, 0.3) is 0 Å². The monoisotopic (exact) mass is 286 g/mol. The highest BCUT2D eigenvalue weighted by molar-refractivity contribution is 6.84. The van der Waals surface area contributed by atoms with Gasteiger partial charge in [-0.2, -0.15) is 0 Å². The van der Waals surface area contributed by atoms with Gasteiger partial charge in [0.05, 0.1) is 14.7 Å². The van der Waals surface area contributed by atoms with Gasteiger partial charge >= 0.3 is 0 Å². The van der Waals surface area contributed by atoms with Crippen LogP contribution in [0.4, 0.5) is 0 Å². The van der Waals surface area contributed by atoms with Crippen molar-refractivity contribution in [3.8, 4) is 0 Å². The Morgan fingerprint density at radius 2 is 1.28 bits per heavy atom. The Kier molecular flexibility index (Phi) is 5.68. The normalized spacial score (nSPS) is 15.4. The average molecular weight is 287 g/mol. The molecule has 108 valence electrons. The summed E-state index contributed by atoms with van der Waals surface area (Å²) in [5, 5.41) is 0.721. The predicted octanol–water partition coefficient (Wildman–Crippen LogP) is 5.61. The minimum Gasteiger partial charge on any atom is -0.413 e. The maximum absolute atomic E-state index is 6.18. The first kappa shape index (κ1) is 18.1.